The summed E-state index contributed by atoms with van der Waals surface area (Å²) in [5.74, 6) is 0. The highest BCUT2D eigenvalue weighted by molar-refractivity contribution is 5.94. The lowest BCUT2D eigenvalue weighted by atomic mass is 9.90. The fourth-order valence-electron chi connectivity index (χ4n) is 2.30. The van der Waals surface area contributed by atoms with Crippen molar-refractivity contribution < 1.29 is 9.53 Å². The average molecular weight is 217 g/mol. The highest BCUT2D eigenvalue weighted by atomic mass is 16.5. The van der Waals surface area contributed by atoms with Gasteiger partial charge in [-0.15, -0.1) is 0 Å². The van der Waals surface area contributed by atoms with E-state index in [1.54, 1.807) is 0 Å². The number of ether oxygens (including phenoxy) is 1. The van der Waals surface area contributed by atoms with Crippen LogP contribution in [0.1, 0.15) is 29.8 Å². The molecule has 16 heavy (non-hydrogen) atoms. The number of benzene rings is 1. The van der Waals surface area contributed by atoms with Gasteiger partial charge in [-0.1, -0.05) is 24.3 Å². The number of rotatable bonds is 1. The lowest BCUT2D eigenvalue weighted by Crippen LogP contribution is -2.26. The Hall–Kier alpha value is -1.88. The number of nitrogens with two attached hydrogens (primary N) is 1. The van der Waals surface area contributed by atoms with Crippen LogP contribution in [0.4, 0.5) is 4.79 Å². The molecule has 82 valence electrons. The van der Waals surface area contributed by atoms with E-state index >= 15 is 0 Å². The van der Waals surface area contributed by atoms with E-state index in [2.05, 4.69) is 16.6 Å². The van der Waals surface area contributed by atoms with Crippen LogP contribution in [0, 0.1) is 0 Å². The molecule has 1 saturated heterocycles. The van der Waals surface area contributed by atoms with E-state index in [0.29, 0.717) is 0 Å². The van der Waals surface area contributed by atoms with Crippen LogP contribution in [-0.4, -0.2) is 11.7 Å². The predicted octanol–water partition coefficient (Wildman–Crippen LogP) is 1.23. The Balaban J connectivity index is 1.92. The summed E-state index contributed by atoms with van der Waals surface area (Å²) in [7, 11) is 0. The van der Waals surface area contributed by atoms with Gasteiger partial charge in [0.05, 0.1) is 11.8 Å². The fraction of sp³-hybridized carbons (Fsp3) is 0.273. The molecule has 1 aromatic rings. The Labute approximate surface area is 92.3 Å². The van der Waals surface area contributed by atoms with E-state index < -0.39 is 6.03 Å². The van der Waals surface area contributed by atoms with Crippen LogP contribution < -0.4 is 11.2 Å². The van der Waals surface area contributed by atoms with Crippen LogP contribution in [0.5, 0.6) is 0 Å². The van der Waals surface area contributed by atoms with Gasteiger partial charge < -0.3 is 10.5 Å². The molecule has 2 heterocycles. The van der Waals surface area contributed by atoms with Gasteiger partial charge in [-0.25, -0.2) is 10.2 Å². The quantitative estimate of drug-likeness (QED) is 0.694. The van der Waals surface area contributed by atoms with Gasteiger partial charge in [-0.05, 0) is 11.1 Å². The number of fused-ring (bicyclic) bond motifs is 5. The normalized spacial score (nSPS) is 28.1. The number of hydrogen-bond donors (Lipinski definition) is 2. The molecule has 2 bridgehead atoms. The standard InChI is InChI=1S/C11H11N3O2/c12-11(15)14-13-8-5-9-6-3-1-2-4-7(6)10(8)16-9/h1-4,9-10H,5H2,(H3,12,14,15)/b13-8-/t9-,10+/m1/s1. The second-order valence-electron chi connectivity index (χ2n) is 3.92. The molecular weight excluding hydrogens is 206 g/mol. The highest BCUT2D eigenvalue weighted by Gasteiger charge is 2.42. The molecule has 2 atom stereocenters. The average Bonchev–Trinajstić information content (AvgIpc) is 2.85. The minimum atomic E-state index is -0.649. The minimum absolute atomic E-state index is 0.0784. The summed E-state index contributed by atoms with van der Waals surface area (Å²) < 4.78 is 5.76. The second kappa shape index (κ2) is 3.31. The zero-order valence-corrected chi connectivity index (χ0v) is 8.51. The summed E-state index contributed by atoms with van der Waals surface area (Å²) >= 11 is 0. The number of urea groups is 1. The minimum Gasteiger partial charge on any atom is -0.359 e. The first-order chi connectivity index (χ1) is 7.75. The molecule has 2 aliphatic rings. The first-order valence-corrected chi connectivity index (χ1v) is 5.12. The number of nitrogens with one attached hydrogen (secondary N) is 1. The maximum Gasteiger partial charge on any atom is 0.332 e. The Morgan fingerprint density at radius 2 is 2.19 bits per heavy atom. The van der Waals surface area contributed by atoms with Crippen LogP contribution in [0.25, 0.3) is 0 Å². The third kappa shape index (κ3) is 1.29. The van der Waals surface area contributed by atoms with Gasteiger partial charge in [-0.3, -0.25) is 0 Å². The van der Waals surface area contributed by atoms with Gasteiger partial charge in [0.15, 0.2) is 0 Å². The fourth-order valence-corrected chi connectivity index (χ4v) is 2.30. The summed E-state index contributed by atoms with van der Waals surface area (Å²) in [5.41, 5.74) is 10.4. The van der Waals surface area contributed by atoms with Crippen LogP contribution in [0.15, 0.2) is 29.4 Å². The molecule has 0 unspecified atom stereocenters. The van der Waals surface area contributed by atoms with Gasteiger partial charge in [0.2, 0.25) is 0 Å². The second-order valence-corrected chi connectivity index (χ2v) is 3.92. The van der Waals surface area contributed by atoms with Crippen molar-refractivity contribution in [3.63, 3.8) is 0 Å². The van der Waals surface area contributed by atoms with Crippen molar-refractivity contribution in [2.75, 3.05) is 0 Å². The molecule has 1 aromatic carbocycles. The van der Waals surface area contributed by atoms with E-state index in [4.69, 9.17) is 10.5 Å². The molecule has 1 fully saturated rings. The zero-order valence-electron chi connectivity index (χ0n) is 8.51. The summed E-state index contributed by atoms with van der Waals surface area (Å²) in [4.78, 5) is 10.6. The number of hydrazone groups is 1. The van der Waals surface area contributed by atoms with E-state index in [9.17, 15) is 4.79 Å². The maximum atomic E-state index is 10.6. The summed E-state index contributed by atoms with van der Waals surface area (Å²) in [6.07, 6.45) is 0.685. The molecule has 5 heteroatoms. The maximum absolute atomic E-state index is 10.6. The molecule has 2 aliphatic heterocycles. The van der Waals surface area contributed by atoms with Crippen molar-refractivity contribution in [3.8, 4) is 0 Å². The third-order valence-electron chi connectivity index (χ3n) is 2.93. The van der Waals surface area contributed by atoms with E-state index in [1.165, 1.54) is 5.56 Å². The first kappa shape index (κ1) is 9.35. The number of primary amides is 1. The molecule has 0 saturated carbocycles. The van der Waals surface area contributed by atoms with Gasteiger partial charge in [0, 0.05) is 6.42 Å². The number of carbonyl (C=O) groups excluding carboxylic acids is 1. The Bertz CT molecular complexity index is 484. The Morgan fingerprint density at radius 3 is 2.94 bits per heavy atom. The van der Waals surface area contributed by atoms with Crippen molar-refractivity contribution in [2.24, 2.45) is 10.8 Å². The molecule has 5 nitrogen and oxygen atoms in total. The molecular formula is C11H11N3O2. The lowest BCUT2D eigenvalue weighted by molar-refractivity contribution is 0.0838. The molecule has 2 amide bonds. The van der Waals surface area contributed by atoms with Crippen molar-refractivity contribution >= 4 is 11.7 Å². The molecule has 0 aliphatic carbocycles. The summed E-state index contributed by atoms with van der Waals surface area (Å²) in [5, 5.41) is 3.97. The van der Waals surface area contributed by atoms with E-state index in [0.717, 1.165) is 17.7 Å². The Kier molecular flexibility index (Phi) is 1.94. The van der Waals surface area contributed by atoms with Gasteiger partial charge in [0.25, 0.3) is 0 Å². The lowest BCUT2D eigenvalue weighted by Gasteiger charge is -2.12. The monoisotopic (exact) mass is 217 g/mol. The molecule has 3 N–H and O–H groups in total. The SMILES string of the molecule is NC(=O)N/N=C1/C[C@H]2O[C@H]1c1ccccc12. The van der Waals surface area contributed by atoms with Crippen molar-refractivity contribution in [1.29, 1.82) is 0 Å². The van der Waals surface area contributed by atoms with E-state index in [-0.39, 0.29) is 12.2 Å². The third-order valence-corrected chi connectivity index (χ3v) is 2.93. The smallest absolute Gasteiger partial charge is 0.332 e. The number of carbonyl (C=O) groups is 1. The highest BCUT2D eigenvalue weighted by Crippen LogP contribution is 2.48. The number of amides is 2. The first-order valence-electron chi connectivity index (χ1n) is 5.12. The predicted molar refractivity (Wildman–Crippen MR) is 57.8 cm³/mol. The van der Waals surface area contributed by atoms with Crippen LogP contribution in [0.3, 0.4) is 0 Å². The largest absolute Gasteiger partial charge is 0.359 e. The summed E-state index contributed by atoms with van der Waals surface area (Å²) in [6, 6.07) is 7.42. The van der Waals surface area contributed by atoms with Crippen LogP contribution >= 0.6 is 0 Å². The van der Waals surface area contributed by atoms with Crippen LogP contribution in [0.2, 0.25) is 0 Å². The topological polar surface area (TPSA) is 76.7 Å². The van der Waals surface area contributed by atoms with Crippen molar-refractivity contribution in [3.05, 3.63) is 35.4 Å². The summed E-state index contributed by atoms with van der Waals surface area (Å²) in [6.45, 7) is 0. The Morgan fingerprint density at radius 1 is 1.44 bits per heavy atom. The van der Waals surface area contributed by atoms with Gasteiger partial charge in [-0.2, -0.15) is 5.10 Å². The van der Waals surface area contributed by atoms with E-state index in [1.807, 2.05) is 18.2 Å². The van der Waals surface area contributed by atoms with Gasteiger partial charge in [0.1, 0.15) is 6.10 Å². The molecule has 0 spiro atoms. The van der Waals surface area contributed by atoms with Crippen molar-refractivity contribution in [2.45, 2.75) is 18.6 Å². The molecule has 0 radical (unpaired) electrons. The molecule has 3 rings (SSSR count). The number of hydrogen-bond acceptors (Lipinski definition) is 3. The zero-order chi connectivity index (χ0) is 11.1. The van der Waals surface area contributed by atoms with Crippen LogP contribution in [-0.2, 0) is 4.74 Å². The van der Waals surface area contributed by atoms with Gasteiger partial charge >= 0.3 is 6.03 Å². The van der Waals surface area contributed by atoms with Crippen molar-refractivity contribution in [1.82, 2.24) is 5.43 Å². The molecule has 0 aromatic heterocycles. The number of nitrogens with zero attached hydrogens (tertiary/aromatic N) is 1.